The lowest BCUT2D eigenvalue weighted by Gasteiger charge is -2.36. The Hall–Kier alpha value is -2.66. The summed E-state index contributed by atoms with van der Waals surface area (Å²) in [5, 5.41) is 9.91. The van der Waals surface area contributed by atoms with Crippen LogP contribution in [-0.4, -0.2) is 61.3 Å². The number of carboxylic acids is 1. The quantitative estimate of drug-likeness (QED) is 0.507. The van der Waals surface area contributed by atoms with Crippen molar-refractivity contribution in [2.75, 3.05) is 37.4 Å². The molecular weight excluding hydrogens is 522 g/mol. The maximum atomic E-state index is 13.7. The van der Waals surface area contributed by atoms with Gasteiger partial charge in [0, 0.05) is 40.5 Å². The first-order valence-electron chi connectivity index (χ1n) is 10.4. The molecule has 1 heterocycles. The molecule has 0 saturated carbocycles. The lowest BCUT2D eigenvalue weighted by Crippen LogP contribution is -2.42. The Bertz CT molecular complexity index is 1020. The Balaban J connectivity index is 0.000000509. The van der Waals surface area contributed by atoms with Gasteiger partial charge in [-0.2, -0.15) is 13.2 Å². The van der Waals surface area contributed by atoms with Gasteiger partial charge in [-0.15, -0.1) is 0 Å². The van der Waals surface area contributed by atoms with Crippen LogP contribution >= 0.6 is 15.9 Å². The van der Waals surface area contributed by atoms with Crippen molar-refractivity contribution in [1.29, 1.82) is 0 Å². The molecule has 0 atom stereocenters. The van der Waals surface area contributed by atoms with Crippen molar-refractivity contribution in [3.8, 4) is 0 Å². The van der Waals surface area contributed by atoms with Crippen LogP contribution < -0.4 is 10.2 Å². The molecule has 3 rings (SSSR count). The molecule has 0 bridgehead atoms. The van der Waals surface area contributed by atoms with Gasteiger partial charge in [0.2, 0.25) is 0 Å². The van der Waals surface area contributed by atoms with Gasteiger partial charge in [-0.3, -0.25) is 4.79 Å². The first-order chi connectivity index (χ1) is 15.8. The monoisotopic (exact) mass is 547 g/mol. The molecule has 0 aromatic heterocycles. The number of alkyl halides is 3. The van der Waals surface area contributed by atoms with Crippen molar-refractivity contribution in [2.45, 2.75) is 32.0 Å². The van der Waals surface area contributed by atoms with E-state index in [0.29, 0.717) is 22.9 Å². The molecule has 1 fully saturated rings. The van der Waals surface area contributed by atoms with E-state index in [1.54, 1.807) is 25.1 Å². The molecular formula is C23H26BrF4N3O3. The van der Waals surface area contributed by atoms with E-state index in [4.69, 9.17) is 9.90 Å². The number of nitrogens with zero attached hydrogens (tertiary/aromatic N) is 2. The number of nitrogens with one attached hydrogen (secondary N) is 1. The summed E-state index contributed by atoms with van der Waals surface area (Å²) >= 11 is 3.51. The average molecular weight is 548 g/mol. The molecule has 1 aliphatic rings. The second-order valence-corrected chi connectivity index (χ2v) is 9.02. The van der Waals surface area contributed by atoms with Crippen LogP contribution in [0.4, 0.5) is 28.9 Å². The van der Waals surface area contributed by atoms with E-state index in [9.17, 15) is 22.4 Å². The molecule has 1 saturated heterocycles. The van der Waals surface area contributed by atoms with Crippen LogP contribution in [-0.2, 0) is 4.79 Å². The van der Waals surface area contributed by atoms with E-state index in [-0.39, 0.29) is 11.7 Å². The summed E-state index contributed by atoms with van der Waals surface area (Å²) in [6.07, 6.45) is -2.88. The van der Waals surface area contributed by atoms with Gasteiger partial charge in [-0.25, -0.2) is 9.18 Å². The molecule has 0 aliphatic carbocycles. The summed E-state index contributed by atoms with van der Waals surface area (Å²) in [5.74, 6) is -3.33. The van der Waals surface area contributed by atoms with Crippen molar-refractivity contribution < 1.29 is 32.3 Å². The molecule has 11 heteroatoms. The van der Waals surface area contributed by atoms with E-state index in [2.05, 4.69) is 45.1 Å². The average Bonchev–Trinajstić information content (AvgIpc) is 2.75. The minimum absolute atomic E-state index is 0.246. The van der Waals surface area contributed by atoms with Gasteiger partial charge >= 0.3 is 12.1 Å². The second kappa shape index (κ2) is 11.7. The first kappa shape index (κ1) is 27.6. The standard InChI is InChI=1S/C21H25BrFN3O.C2HF3O2/c1-14-4-5-17(13-20(14)23)24-21(27)15-10-16(22)12-19(11-15)26-8-6-18(7-9-26)25(2)3;3-2(4,5)1(6)7/h4-5,10-13,18H,6-9H2,1-3H3,(H,24,27);(H,6,7). The van der Waals surface area contributed by atoms with Crippen LogP contribution in [0.3, 0.4) is 0 Å². The Morgan fingerprint density at radius 2 is 1.71 bits per heavy atom. The third-order valence-electron chi connectivity index (χ3n) is 5.38. The van der Waals surface area contributed by atoms with Crippen molar-refractivity contribution in [1.82, 2.24) is 4.90 Å². The zero-order chi connectivity index (χ0) is 25.6. The summed E-state index contributed by atoms with van der Waals surface area (Å²) in [6.45, 7) is 3.62. The van der Waals surface area contributed by atoms with Gasteiger partial charge in [0.25, 0.3) is 5.91 Å². The van der Waals surface area contributed by atoms with Gasteiger partial charge in [0.15, 0.2) is 0 Å². The van der Waals surface area contributed by atoms with Crippen molar-refractivity contribution in [2.24, 2.45) is 0 Å². The summed E-state index contributed by atoms with van der Waals surface area (Å²) in [6, 6.07) is 11.0. The van der Waals surface area contributed by atoms with Crippen LogP contribution in [0.25, 0.3) is 0 Å². The number of hydrogen-bond acceptors (Lipinski definition) is 4. The first-order valence-corrected chi connectivity index (χ1v) is 11.2. The number of carbonyl (C=O) groups excluding carboxylic acids is 1. The zero-order valence-corrected chi connectivity index (χ0v) is 20.5. The van der Waals surface area contributed by atoms with Gasteiger partial charge in [-0.05, 0) is 69.8 Å². The van der Waals surface area contributed by atoms with E-state index in [1.807, 2.05) is 12.1 Å². The van der Waals surface area contributed by atoms with Gasteiger partial charge in [-0.1, -0.05) is 22.0 Å². The normalized spacial score (nSPS) is 14.4. The fourth-order valence-corrected chi connectivity index (χ4v) is 3.88. The number of carbonyl (C=O) groups is 2. The van der Waals surface area contributed by atoms with Gasteiger partial charge in [0.1, 0.15) is 5.82 Å². The van der Waals surface area contributed by atoms with Crippen LogP contribution in [0.15, 0.2) is 40.9 Å². The zero-order valence-electron chi connectivity index (χ0n) is 18.9. The number of rotatable bonds is 4. The highest BCUT2D eigenvalue weighted by atomic mass is 79.9. The molecule has 2 aromatic rings. The van der Waals surface area contributed by atoms with Crippen molar-refractivity contribution in [3.05, 3.63) is 57.8 Å². The molecule has 1 aliphatic heterocycles. The van der Waals surface area contributed by atoms with Crippen LogP contribution in [0.5, 0.6) is 0 Å². The summed E-state index contributed by atoms with van der Waals surface area (Å²) in [4.78, 5) is 26.1. The predicted octanol–water partition coefficient (Wildman–Crippen LogP) is 5.31. The number of carboxylic acid groups (broad SMARTS) is 1. The number of hydrogen-bond donors (Lipinski definition) is 2. The Morgan fingerprint density at radius 1 is 1.12 bits per heavy atom. The highest BCUT2D eigenvalue weighted by Gasteiger charge is 2.38. The second-order valence-electron chi connectivity index (χ2n) is 8.10. The SMILES string of the molecule is Cc1ccc(NC(=O)c2cc(Br)cc(N3CCC(N(C)C)CC3)c2)cc1F.O=C(O)C(F)(F)F. The smallest absolute Gasteiger partial charge is 0.475 e. The number of anilines is 2. The number of aliphatic carboxylic acids is 1. The molecule has 34 heavy (non-hydrogen) atoms. The predicted molar refractivity (Wildman–Crippen MR) is 126 cm³/mol. The summed E-state index contributed by atoms with van der Waals surface area (Å²) < 4.78 is 46.3. The fraction of sp³-hybridized carbons (Fsp3) is 0.391. The van der Waals surface area contributed by atoms with E-state index in [1.165, 1.54) is 6.07 Å². The van der Waals surface area contributed by atoms with Crippen LogP contribution in [0.2, 0.25) is 0 Å². The fourth-order valence-electron chi connectivity index (χ4n) is 3.40. The number of halogens is 5. The van der Waals surface area contributed by atoms with Gasteiger partial charge in [0.05, 0.1) is 0 Å². The number of benzene rings is 2. The Kier molecular flexibility index (Phi) is 9.45. The van der Waals surface area contributed by atoms with Crippen LogP contribution in [0, 0.1) is 12.7 Å². The van der Waals surface area contributed by atoms with Crippen molar-refractivity contribution >= 4 is 39.2 Å². The molecule has 2 N–H and O–H groups in total. The molecule has 0 radical (unpaired) electrons. The van der Waals surface area contributed by atoms with Crippen molar-refractivity contribution in [3.63, 3.8) is 0 Å². The summed E-state index contributed by atoms with van der Waals surface area (Å²) in [5.41, 5.74) is 2.59. The largest absolute Gasteiger partial charge is 0.490 e. The maximum Gasteiger partial charge on any atom is 0.490 e. The highest BCUT2D eigenvalue weighted by molar-refractivity contribution is 9.10. The third kappa shape index (κ3) is 7.98. The Labute approximate surface area is 203 Å². The summed E-state index contributed by atoms with van der Waals surface area (Å²) in [7, 11) is 4.24. The molecule has 1 amide bonds. The topological polar surface area (TPSA) is 72.9 Å². The van der Waals surface area contributed by atoms with E-state index >= 15 is 0 Å². The molecule has 186 valence electrons. The molecule has 6 nitrogen and oxygen atoms in total. The highest BCUT2D eigenvalue weighted by Crippen LogP contribution is 2.27. The molecule has 0 spiro atoms. The lowest BCUT2D eigenvalue weighted by atomic mass is 10.0. The molecule has 0 unspecified atom stereocenters. The number of piperidine rings is 1. The van der Waals surface area contributed by atoms with E-state index < -0.39 is 12.1 Å². The van der Waals surface area contributed by atoms with Crippen LogP contribution in [0.1, 0.15) is 28.8 Å². The molecule has 2 aromatic carbocycles. The van der Waals surface area contributed by atoms with E-state index in [0.717, 1.165) is 36.1 Å². The Morgan fingerprint density at radius 3 is 2.21 bits per heavy atom. The maximum absolute atomic E-state index is 13.7. The van der Waals surface area contributed by atoms with Gasteiger partial charge < -0.3 is 20.2 Å². The lowest BCUT2D eigenvalue weighted by molar-refractivity contribution is -0.192. The third-order valence-corrected chi connectivity index (χ3v) is 5.83. The minimum Gasteiger partial charge on any atom is -0.475 e. The number of aryl methyl sites for hydroxylation is 1. The minimum atomic E-state index is -5.08. The number of amides is 1.